The fourth-order valence-electron chi connectivity index (χ4n) is 9.22. The van der Waals surface area contributed by atoms with Gasteiger partial charge >= 0.3 is 0 Å². The van der Waals surface area contributed by atoms with Gasteiger partial charge in [-0.25, -0.2) is 0 Å². The van der Waals surface area contributed by atoms with Gasteiger partial charge in [0, 0.05) is 0 Å². The number of benzene rings is 2. The molecule has 2 aromatic carbocycles. The number of allylic oxidation sites excluding steroid dienone is 2. The van der Waals surface area contributed by atoms with Gasteiger partial charge in [-0.15, -0.1) is 0 Å². The lowest BCUT2D eigenvalue weighted by atomic mass is 9.90. The van der Waals surface area contributed by atoms with Gasteiger partial charge in [-0.1, -0.05) is 49.2 Å². The Labute approximate surface area is 201 Å². The van der Waals surface area contributed by atoms with E-state index >= 15 is 0 Å². The minimum absolute atomic E-state index is 0.716. The second-order valence-electron chi connectivity index (χ2n) is 11.9. The van der Waals surface area contributed by atoms with Crippen molar-refractivity contribution in [3.63, 3.8) is 0 Å². The second kappa shape index (κ2) is 7.07. The fraction of sp³-hybridized carbons (Fsp3) is 0.500. The standard InChI is InChI=1S/C32H38Si/c1-19-23-9-7-11-25(23)21(3)31-27(19)13-15-29(31)33(17-5-6-18-33)30-16-14-28-20(2)24-10-8-12-26(24)22(4)32(28)30/h13-16,29-30H,5-12,17-18H2,1-4H3. The maximum absolute atomic E-state index is 2.71. The fourth-order valence-corrected chi connectivity index (χ4v) is 15.8. The molecule has 5 aliphatic rings. The molecule has 7 rings (SSSR count). The summed E-state index contributed by atoms with van der Waals surface area (Å²) < 4.78 is 0. The second-order valence-corrected chi connectivity index (χ2v) is 16.6. The molecule has 4 aliphatic carbocycles. The van der Waals surface area contributed by atoms with Crippen LogP contribution in [0, 0.1) is 27.7 Å². The Balaban J connectivity index is 1.42. The third-order valence-electron chi connectivity index (χ3n) is 10.7. The van der Waals surface area contributed by atoms with E-state index in [1.165, 1.54) is 63.5 Å². The molecule has 0 N–H and O–H groups in total. The van der Waals surface area contributed by atoms with Crippen molar-refractivity contribution in [3.8, 4) is 0 Å². The van der Waals surface area contributed by atoms with Crippen LogP contribution in [0.5, 0.6) is 0 Å². The van der Waals surface area contributed by atoms with Crippen molar-refractivity contribution < 1.29 is 0 Å². The molecule has 1 aliphatic heterocycles. The molecule has 2 atom stereocenters. The van der Waals surface area contributed by atoms with Gasteiger partial charge in [0.25, 0.3) is 0 Å². The van der Waals surface area contributed by atoms with Crippen molar-refractivity contribution in [1.82, 2.24) is 0 Å². The zero-order valence-corrected chi connectivity index (χ0v) is 22.0. The molecule has 170 valence electrons. The molecule has 1 saturated heterocycles. The summed E-state index contributed by atoms with van der Waals surface area (Å²) in [6.07, 6.45) is 21.4. The van der Waals surface area contributed by atoms with E-state index in [4.69, 9.17) is 0 Å². The van der Waals surface area contributed by atoms with Crippen LogP contribution in [0.2, 0.25) is 12.1 Å². The highest BCUT2D eigenvalue weighted by atomic mass is 28.3. The van der Waals surface area contributed by atoms with Gasteiger partial charge in [0.1, 0.15) is 0 Å². The summed E-state index contributed by atoms with van der Waals surface area (Å²) in [5.74, 6) is 0. The molecule has 1 heterocycles. The van der Waals surface area contributed by atoms with Crippen molar-refractivity contribution in [2.45, 2.75) is 102 Å². The van der Waals surface area contributed by atoms with Crippen molar-refractivity contribution in [3.05, 3.63) is 78.9 Å². The van der Waals surface area contributed by atoms with E-state index in [1.807, 2.05) is 0 Å². The van der Waals surface area contributed by atoms with E-state index in [0.717, 1.165) is 0 Å². The molecule has 0 nitrogen and oxygen atoms in total. The van der Waals surface area contributed by atoms with Gasteiger partial charge in [-0.2, -0.15) is 0 Å². The SMILES string of the molecule is Cc1c2c(c(C)c3c1CCC3)C([Si]1(C3C=Cc4c(C)c5c(c(C)c43)CCC5)CCCC1)C=C2. The van der Waals surface area contributed by atoms with Crippen LogP contribution in [0.15, 0.2) is 12.2 Å². The van der Waals surface area contributed by atoms with Crippen LogP contribution in [0.25, 0.3) is 12.2 Å². The summed E-state index contributed by atoms with van der Waals surface area (Å²) in [5, 5.41) is 0. The maximum atomic E-state index is 2.71. The summed E-state index contributed by atoms with van der Waals surface area (Å²) in [6.45, 7) is 9.83. The zero-order valence-electron chi connectivity index (χ0n) is 21.0. The van der Waals surface area contributed by atoms with Gasteiger partial charge in [-0.05, 0) is 144 Å². The van der Waals surface area contributed by atoms with Gasteiger partial charge in [0.2, 0.25) is 0 Å². The Bertz CT molecular complexity index is 1170. The van der Waals surface area contributed by atoms with Crippen LogP contribution in [0.4, 0.5) is 0 Å². The molecule has 0 radical (unpaired) electrons. The van der Waals surface area contributed by atoms with Crippen LogP contribution in [0.1, 0.15) is 104 Å². The van der Waals surface area contributed by atoms with Crippen molar-refractivity contribution in [2.24, 2.45) is 0 Å². The third kappa shape index (κ3) is 2.53. The minimum Gasteiger partial charge on any atom is -0.0790 e. The highest BCUT2D eigenvalue weighted by Gasteiger charge is 2.52. The molecule has 0 bridgehead atoms. The molecule has 2 aromatic rings. The highest BCUT2D eigenvalue weighted by Crippen LogP contribution is 2.57. The molecule has 0 aromatic heterocycles. The molecule has 0 amide bonds. The Hall–Kier alpha value is -1.86. The average Bonchev–Trinajstić information content (AvgIpc) is 3.64. The van der Waals surface area contributed by atoms with E-state index in [-0.39, 0.29) is 0 Å². The van der Waals surface area contributed by atoms with Crippen LogP contribution in [0.3, 0.4) is 0 Å². The van der Waals surface area contributed by atoms with E-state index in [1.54, 1.807) is 66.8 Å². The maximum Gasteiger partial charge on any atom is 0.0775 e. The Morgan fingerprint density at radius 3 is 1.36 bits per heavy atom. The van der Waals surface area contributed by atoms with Gasteiger partial charge < -0.3 is 0 Å². The van der Waals surface area contributed by atoms with Crippen LogP contribution in [-0.2, 0) is 25.7 Å². The lowest BCUT2D eigenvalue weighted by molar-refractivity contribution is 0.905. The Kier molecular flexibility index (Phi) is 4.40. The van der Waals surface area contributed by atoms with Crippen molar-refractivity contribution in [2.75, 3.05) is 0 Å². The predicted molar refractivity (Wildman–Crippen MR) is 144 cm³/mol. The zero-order chi connectivity index (χ0) is 22.5. The van der Waals surface area contributed by atoms with E-state index in [0.29, 0.717) is 11.1 Å². The van der Waals surface area contributed by atoms with E-state index in [9.17, 15) is 0 Å². The lowest BCUT2D eigenvalue weighted by Gasteiger charge is -2.40. The highest BCUT2D eigenvalue weighted by molar-refractivity contribution is 6.84. The molecule has 1 heteroatoms. The predicted octanol–water partition coefficient (Wildman–Crippen LogP) is 8.14. The first kappa shape index (κ1) is 20.5. The summed E-state index contributed by atoms with van der Waals surface area (Å²) in [5.41, 5.74) is 21.7. The molecule has 33 heavy (non-hydrogen) atoms. The van der Waals surface area contributed by atoms with Gasteiger partial charge in [0.05, 0.1) is 8.07 Å². The third-order valence-corrected chi connectivity index (χ3v) is 16.8. The minimum atomic E-state index is -1.62. The van der Waals surface area contributed by atoms with Gasteiger partial charge in [0.15, 0.2) is 0 Å². The summed E-state index contributed by atoms with van der Waals surface area (Å²) in [6, 6.07) is 3.03. The summed E-state index contributed by atoms with van der Waals surface area (Å²) in [4.78, 5) is 0. The lowest BCUT2D eigenvalue weighted by Crippen LogP contribution is -2.44. The summed E-state index contributed by atoms with van der Waals surface area (Å²) >= 11 is 0. The largest absolute Gasteiger partial charge is 0.0790 e. The molecule has 1 fully saturated rings. The topological polar surface area (TPSA) is 0 Å². The van der Waals surface area contributed by atoms with Crippen molar-refractivity contribution in [1.29, 1.82) is 0 Å². The quantitative estimate of drug-likeness (QED) is 0.405. The first-order chi connectivity index (χ1) is 16.0. The van der Waals surface area contributed by atoms with Crippen molar-refractivity contribution >= 4 is 20.2 Å². The molecular weight excluding hydrogens is 412 g/mol. The van der Waals surface area contributed by atoms with Crippen LogP contribution < -0.4 is 0 Å². The Morgan fingerprint density at radius 2 is 0.939 bits per heavy atom. The van der Waals surface area contributed by atoms with Crippen LogP contribution >= 0.6 is 0 Å². The smallest absolute Gasteiger partial charge is 0.0775 e. The number of fused-ring (bicyclic) bond motifs is 4. The van der Waals surface area contributed by atoms with E-state index in [2.05, 4.69) is 52.0 Å². The number of rotatable bonds is 2. The Morgan fingerprint density at radius 1 is 0.545 bits per heavy atom. The van der Waals surface area contributed by atoms with E-state index < -0.39 is 8.07 Å². The number of hydrogen-bond donors (Lipinski definition) is 0. The molecule has 0 saturated carbocycles. The molecule has 2 unspecified atom stereocenters. The average molecular weight is 451 g/mol. The summed E-state index contributed by atoms with van der Waals surface area (Å²) in [7, 11) is -1.62. The van der Waals surface area contributed by atoms with Crippen LogP contribution in [-0.4, -0.2) is 8.07 Å². The molecule has 0 spiro atoms. The first-order valence-corrected chi connectivity index (χ1v) is 16.3. The normalized spacial score (nSPS) is 25.6. The monoisotopic (exact) mass is 450 g/mol. The molecular formula is C32H38Si. The van der Waals surface area contributed by atoms with Gasteiger partial charge in [-0.3, -0.25) is 0 Å². The first-order valence-electron chi connectivity index (χ1n) is 13.7. The number of hydrogen-bond acceptors (Lipinski definition) is 0.